The molecule has 19 heavy (non-hydrogen) atoms. The van der Waals surface area contributed by atoms with E-state index in [-0.39, 0.29) is 11.3 Å². The average molecular weight is 259 g/mol. The summed E-state index contributed by atoms with van der Waals surface area (Å²) >= 11 is 0. The average Bonchev–Trinajstić information content (AvgIpc) is 2.37. The first-order valence-electron chi connectivity index (χ1n) is 7.28. The Labute approximate surface area is 116 Å². The number of rotatable bonds is 1. The Morgan fingerprint density at radius 3 is 2.68 bits per heavy atom. The van der Waals surface area contributed by atoms with E-state index in [1.165, 1.54) is 12.0 Å². The van der Waals surface area contributed by atoms with Crippen LogP contribution in [0, 0.1) is 5.92 Å². The van der Waals surface area contributed by atoms with Crippen LogP contribution in [0.2, 0.25) is 0 Å². The first-order valence-corrected chi connectivity index (χ1v) is 7.28. The van der Waals surface area contributed by atoms with Crippen LogP contribution in [0.15, 0.2) is 24.3 Å². The van der Waals surface area contributed by atoms with Crippen LogP contribution in [0.3, 0.4) is 0 Å². The standard InChI is InChI=1S/C17H25NO/c1-13-7-6-10-18(12-13)16(19)14-8-5-9-15(11-14)17(2,3)4/h5,8-9,11,13H,6-7,10,12H2,1-4H3. The van der Waals surface area contributed by atoms with Crippen molar-refractivity contribution in [2.24, 2.45) is 5.92 Å². The fourth-order valence-corrected chi connectivity index (χ4v) is 2.68. The monoisotopic (exact) mass is 259 g/mol. The Morgan fingerprint density at radius 1 is 1.32 bits per heavy atom. The molecule has 1 unspecified atom stereocenters. The Morgan fingerprint density at radius 2 is 2.05 bits per heavy atom. The third-order valence-corrected chi connectivity index (χ3v) is 3.92. The molecule has 1 heterocycles. The number of carbonyl (C=O) groups excluding carboxylic acids is 1. The fourth-order valence-electron chi connectivity index (χ4n) is 2.68. The first-order chi connectivity index (χ1) is 8.88. The van der Waals surface area contributed by atoms with E-state index in [1.54, 1.807) is 0 Å². The Balaban J connectivity index is 2.19. The number of carbonyl (C=O) groups is 1. The normalized spacial score (nSPS) is 20.4. The maximum atomic E-state index is 12.6. The summed E-state index contributed by atoms with van der Waals surface area (Å²) in [5.41, 5.74) is 2.15. The molecule has 1 aromatic rings. The maximum Gasteiger partial charge on any atom is 0.253 e. The minimum absolute atomic E-state index is 0.0888. The first kappa shape index (κ1) is 14.1. The van der Waals surface area contributed by atoms with E-state index >= 15 is 0 Å². The Kier molecular flexibility index (Phi) is 3.98. The minimum Gasteiger partial charge on any atom is -0.338 e. The molecule has 1 aromatic carbocycles. The Hall–Kier alpha value is -1.31. The van der Waals surface area contributed by atoms with E-state index in [0.29, 0.717) is 5.92 Å². The van der Waals surface area contributed by atoms with Crippen LogP contribution in [0.5, 0.6) is 0 Å². The molecule has 0 N–H and O–H groups in total. The highest BCUT2D eigenvalue weighted by atomic mass is 16.2. The SMILES string of the molecule is CC1CCCN(C(=O)c2cccc(C(C)(C)C)c2)C1. The van der Waals surface area contributed by atoms with Crippen molar-refractivity contribution in [3.05, 3.63) is 35.4 Å². The van der Waals surface area contributed by atoms with Crippen molar-refractivity contribution in [2.45, 2.75) is 46.0 Å². The lowest BCUT2D eigenvalue weighted by atomic mass is 9.86. The summed E-state index contributed by atoms with van der Waals surface area (Å²) in [6.45, 7) is 10.6. The largest absolute Gasteiger partial charge is 0.338 e. The number of hydrogen-bond donors (Lipinski definition) is 0. The number of piperidine rings is 1. The molecule has 2 rings (SSSR count). The van der Waals surface area contributed by atoms with Crippen molar-refractivity contribution in [3.8, 4) is 0 Å². The third-order valence-electron chi connectivity index (χ3n) is 3.92. The highest BCUT2D eigenvalue weighted by Gasteiger charge is 2.23. The van der Waals surface area contributed by atoms with E-state index in [1.807, 2.05) is 17.0 Å². The molecule has 0 radical (unpaired) electrons. The molecule has 0 aromatic heterocycles. The molecule has 1 aliphatic rings. The van der Waals surface area contributed by atoms with E-state index < -0.39 is 0 Å². The smallest absolute Gasteiger partial charge is 0.253 e. The number of likely N-dealkylation sites (tertiary alicyclic amines) is 1. The summed E-state index contributed by atoms with van der Waals surface area (Å²) in [7, 11) is 0. The lowest BCUT2D eigenvalue weighted by Crippen LogP contribution is -2.39. The molecule has 0 saturated carbocycles. The van der Waals surface area contributed by atoms with Crippen LogP contribution in [0.4, 0.5) is 0 Å². The summed E-state index contributed by atoms with van der Waals surface area (Å²) in [5.74, 6) is 0.821. The van der Waals surface area contributed by atoms with Gasteiger partial charge in [-0.05, 0) is 41.9 Å². The lowest BCUT2D eigenvalue weighted by Gasteiger charge is -2.31. The second-order valence-electron chi connectivity index (χ2n) is 6.83. The van der Waals surface area contributed by atoms with Gasteiger partial charge in [-0.25, -0.2) is 0 Å². The van der Waals surface area contributed by atoms with Crippen molar-refractivity contribution in [1.82, 2.24) is 4.90 Å². The molecule has 1 atom stereocenters. The summed E-state index contributed by atoms with van der Waals surface area (Å²) in [6, 6.07) is 8.11. The molecule has 1 saturated heterocycles. The van der Waals surface area contributed by atoms with Gasteiger partial charge in [0.1, 0.15) is 0 Å². The number of hydrogen-bond acceptors (Lipinski definition) is 1. The molecule has 1 fully saturated rings. The van der Waals surface area contributed by atoms with E-state index in [0.717, 1.165) is 25.1 Å². The summed E-state index contributed by atoms with van der Waals surface area (Å²) in [6.07, 6.45) is 2.37. The Bertz CT molecular complexity index is 459. The van der Waals surface area contributed by atoms with Gasteiger partial charge in [-0.15, -0.1) is 0 Å². The molecule has 2 heteroatoms. The second kappa shape index (κ2) is 5.36. The van der Waals surface area contributed by atoms with Crippen molar-refractivity contribution >= 4 is 5.91 Å². The number of amides is 1. The summed E-state index contributed by atoms with van der Waals surface area (Å²) in [5, 5.41) is 0. The van der Waals surface area contributed by atoms with Gasteiger partial charge >= 0.3 is 0 Å². The zero-order chi connectivity index (χ0) is 14.0. The van der Waals surface area contributed by atoms with Gasteiger partial charge in [0.2, 0.25) is 0 Å². The molecule has 104 valence electrons. The van der Waals surface area contributed by atoms with Gasteiger partial charge in [-0.3, -0.25) is 4.79 Å². The molecule has 0 bridgehead atoms. The summed E-state index contributed by atoms with van der Waals surface area (Å²) < 4.78 is 0. The lowest BCUT2D eigenvalue weighted by molar-refractivity contribution is 0.0683. The van der Waals surface area contributed by atoms with E-state index in [4.69, 9.17) is 0 Å². The maximum absolute atomic E-state index is 12.6. The van der Waals surface area contributed by atoms with Gasteiger partial charge in [0, 0.05) is 18.7 Å². The molecule has 1 aliphatic heterocycles. The quantitative estimate of drug-likeness (QED) is 0.750. The number of benzene rings is 1. The van der Waals surface area contributed by atoms with Crippen LogP contribution in [-0.2, 0) is 5.41 Å². The van der Waals surface area contributed by atoms with Crippen molar-refractivity contribution in [3.63, 3.8) is 0 Å². The highest BCUT2D eigenvalue weighted by Crippen LogP contribution is 2.24. The van der Waals surface area contributed by atoms with E-state index in [2.05, 4.69) is 39.8 Å². The van der Waals surface area contributed by atoms with Gasteiger partial charge in [0.15, 0.2) is 0 Å². The van der Waals surface area contributed by atoms with Gasteiger partial charge in [0.05, 0.1) is 0 Å². The van der Waals surface area contributed by atoms with Gasteiger partial charge in [-0.2, -0.15) is 0 Å². The fraction of sp³-hybridized carbons (Fsp3) is 0.588. The highest BCUT2D eigenvalue weighted by molar-refractivity contribution is 5.94. The van der Waals surface area contributed by atoms with Crippen LogP contribution < -0.4 is 0 Å². The minimum atomic E-state index is 0.0888. The molecular formula is C17H25NO. The van der Waals surface area contributed by atoms with Crippen molar-refractivity contribution in [2.75, 3.05) is 13.1 Å². The third kappa shape index (κ3) is 3.37. The van der Waals surface area contributed by atoms with Gasteiger partial charge < -0.3 is 4.90 Å². The molecule has 1 amide bonds. The van der Waals surface area contributed by atoms with Gasteiger partial charge in [0.25, 0.3) is 5.91 Å². The molecular weight excluding hydrogens is 234 g/mol. The van der Waals surface area contributed by atoms with Crippen molar-refractivity contribution < 1.29 is 4.79 Å². The zero-order valence-electron chi connectivity index (χ0n) is 12.6. The van der Waals surface area contributed by atoms with Gasteiger partial charge in [-0.1, -0.05) is 39.8 Å². The second-order valence-corrected chi connectivity index (χ2v) is 6.83. The molecule has 0 spiro atoms. The van der Waals surface area contributed by atoms with Crippen LogP contribution in [0.25, 0.3) is 0 Å². The van der Waals surface area contributed by atoms with E-state index in [9.17, 15) is 4.79 Å². The summed E-state index contributed by atoms with van der Waals surface area (Å²) in [4.78, 5) is 14.6. The predicted molar refractivity (Wildman–Crippen MR) is 79.4 cm³/mol. The zero-order valence-corrected chi connectivity index (χ0v) is 12.6. The van der Waals surface area contributed by atoms with Crippen LogP contribution in [-0.4, -0.2) is 23.9 Å². The topological polar surface area (TPSA) is 20.3 Å². The van der Waals surface area contributed by atoms with Crippen LogP contribution in [0.1, 0.15) is 56.5 Å². The van der Waals surface area contributed by atoms with Crippen LogP contribution >= 0.6 is 0 Å². The molecule has 2 nitrogen and oxygen atoms in total. The number of nitrogens with zero attached hydrogens (tertiary/aromatic N) is 1. The van der Waals surface area contributed by atoms with Crippen molar-refractivity contribution in [1.29, 1.82) is 0 Å². The predicted octanol–water partition coefficient (Wildman–Crippen LogP) is 3.86. The molecule has 0 aliphatic carbocycles.